The molecule has 0 spiro atoms. The van der Waals surface area contributed by atoms with E-state index in [1.165, 1.54) is 0 Å². The molecule has 1 heterocycles. The van der Waals surface area contributed by atoms with E-state index in [4.69, 9.17) is 4.74 Å². The van der Waals surface area contributed by atoms with Gasteiger partial charge in [0.05, 0.1) is 19.8 Å². The maximum atomic E-state index is 5.01. The fraction of sp³-hybridized carbons (Fsp3) is 0.750. The van der Waals surface area contributed by atoms with E-state index in [9.17, 15) is 0 Å². The van der Waals surface area contributed by atoms with Gasteiger partial charge in [0.15, 0.2) is 0 Å². The van der Waals surface area contributed by atoms with Gasteiger partial charge >= 0.3 is 0 Å². The van der Waals surface area contributed by atoms with Crippen LogP contribution in [0, 0.1) is 6.54 Å². The fourth-order valence-electron chi connectivity index (χ4n) is 0.460. The molecule has 41 valence electrons. The molecule has 0 aromatic rings. The zero-order valence-corrected chi connectivity index (χ0v) is 5.52. The first-order valence-corrected chi connectivity index (χ1v) is 2.94. The molecule has 3 heteroatoms. The molecule has 0 aliphatic carbocycles. The highest BCUT2D eigenvalue weighted by Gasteiger charge is 2.04. The third-order valence-electron chi connectivity index (χ3n) is 0.840. The van der Waals surface area contributed by atoms with E-state index in [-0.39, 0.29) is 0 Å². The van der Waals surface area contributed by atoms with Gasteiger partial charge < -0.3 is 4.74 Å². The molecule has 7 heavy (non-hydrogen) atoms. The molecule has 1 aliphatic heterocycles. The Bertz CT molecular complexity index is 53.7. The number of hydrogen-bond acceptors (Lipinski definition) is 2. The number of nitrogens with zero attached hydrogens (tertiary/aromatic N) is 1. The summed E-state index contributed by atoms with van der Waals surface area (Å²) in [5.74, 6) is 0. The van der Waals surface area contributed by atoms with E-state index in [2.05, 4.69) is 16.1 Å². The van der Waals surface area contributed by atoms with Crippen molar-refractivity contribution in [3.05, 3.63) is 6.54 Å². The lowest BCUT2D eigenvalue weighted by Gasteiger charge is -2.18. The van der Waals surface area contributed by atoms with Gasteiger partial charge in [0.1, 0.15) is 0 Å². The van der Waals surface area contributed by atoms with Crippen LogP contribution in [0.5, 0.6) is 0 Å². The molecule has 0 bridgehead atoms. The minimum absolute atomic E-state index is 0.741. The van der Waals surface area contributed by atoms with E-state index in [1.807, 2.05) is 10.5 Å². The van der Waals surface area contributed by atoms with Crippen molar-refractivity contribution in [2.75, 3.05) is 19.8 Å². The summed E-state index contributed by atoms with van der Waals surface area (Å²) in [7, 11) is 0. The van der Waals surface area contributed by atoms with Gasteiger partial charge in [-0.1, -0.05) is 0 Å². The summed E-state index contributed by atoms with van der Waals surface area (Å²) in [5, 5.41) is 0. The molecular formula is C4H7BrNO. The van der Waals surface area contributed by atoms with E-state index in [0.29, 0.717) is 0 Å². The lowest BCUT2D eigenvalue weighted by atomic mass is 10.5. The topological polar surface area (TPSA) is 12.5 Å². The summed E-state index contributed by atoms with van der Waals surface area (Å²) in [5.41, 5.74) is 0. The normalized spacial score (nSPS) is 25.3. The molecule has 1 aliphatic rings. The number of morpholine rings is 1. The van der Waals surface area contributed by atoms with Crippen LogP contribution in [-0.4, -0.2) is 23.7 Å². The first kappa shape index (κ1) is 5.54. The monoisotopic (exact) mass is 164 g/mol. The van der Waals surface area contributed by atoms with Gasteiger partial charge in [0, 0.05) is 22.7 Å². The van der Waals surface area contributed by atoms with Crippen molar-refractivity contribution in [2.24, 2.45) is 0 Å². The molecular weight excluding hydrogens is 158 g/mol. The molecule has 1 saturated heterocycles. The Hall–Kier alpha value is 0.400. The second kappa shape index (κ2) is 2.64. The van der Waals surface area contributed by atoms with Crippen LogP contribution in [0.4, 0.5) is 0 Å². The third kappa shape index (κ3) is 1.76. The molecule has 0 unspecified atom stereocenters. The highest BCUT2D eigenvalue weighted by molar-refractivity contribution is 9.07. The average Bonchev–Trinajstić information content (AvgIpc) is 1.69. The Balaban J connectivity index is 2.12. The Kier molecular flexibility index (Phi) is 2.09. The molecule has 0 N–H and O–H groups in total. The second-order valence-corrected chi connectivity index (χ2v) is 2.29. The van der Waals surface area contributed by atoms with Gasteiger partial charge in [-0.2, -0.15) is 0 Å². The zero-order valence-electron chi connectivity index (χ0n) is 3.93. The van der Waals surface area contributed by atoms with Crippen molar-refractivity contribution in [3.63, 3.8) is 0 Å². The first-order chi connectivity index (χ1) is 3.39. The molecule has 0 aromatic heterocycles. The van der Waals surface area contributed by atoms with Crippen molar-refractivity contribution in [1.82, 2.24) is 3.93 Å². The molecule has 1 fully saturated rings. The molecule has 2 nitrogen and oxygen atoms in total. The van der Waals surface area contributed by atoms with Crippen molar-refractivity contribution in [2.45, 2.75) is 0 Å². The van der Waals surface area contributed by atoms with Crippen LogP contribution >= 0.6 is 16.1 Å². The van der Waals surface area contributed by atoms with Crippen molar-refractivity contribution >= 4 is 16.1 Å². The molecule has 0 aromatic carbocycles. The van der Waals surface area contributed by atoms with E-state index < -0.39 is 0 Å². The van der Waals surface area contributed by atoms with Crippen molar-refractivity contribution in [1.29, 1.82) is 0 Å². The average molecular weight is 165 g/mol. The van der Waals surface area contributed by atoms with Crippen LogP contribution in [0.3, 0.4) is 0 Å². The molecule has 0 amide bonds. The maximum Gasteiger partial charge on any atom is 0.0648 e. The Morgan fingerprint density at radius 2 is 2.57 bits per heavy atom. The van der Waals surface area contributed by atoms with Crippen molar-refractivity contribution < 1.29 is 4.74 Å². The summed E-state index contributed by atoms with van der Waals surface area (Å²) in [6.07, 6.45) is 0. The van der Waals surface area contributed by atoms with Gasteiger partial charge in [-0.3, -0.25) is 0 Å². The smallest absolute Gasteiger partial charge is 0.0648 e. The highest BCUT2D eigenvalue weighted by Crippen LogP contribution is 2.04. The first-order valence-electron chi connectivity index (χ1n) is 2.23. The van der Waals surface area contributed by atoms with Crippen LogP contribution in [0.2, 0.25) is 0 Å². The van der Waals surface area contributed by atoms with Gasteiger partial charge in [-0.25, -0.2) is 3.93 Å². The Labute approximate surface area is 51.8 Å². The van der Waals surface area contributed by atoms with Gasteiger partial charge in [0.2, 0.25) is 0 Å². The van der Waals surface area contributed by atoms with Crippen LogP contribution in [0.1, 0.15) is 0 Å². The van der Waals surface area contributed by atoms with Gasteiger partial charge in [-0.05, 0) is 0 Å². The summed E-state index contributed by atoms with van der Waals surface area (Å²) in [4.78, 5) is 0. The molecule has 0 saturated carbocycles. The quantitative estimate of drug-likeness (QED) is 0.492. The number of hydrogen-bond donors (Lipinski definition) is 0. The predicted octanol–water partition coefficient (Wildman–Crippen LogP) is 0.790. The van der Waals surface area contributed by atoms with E-state index in [0.717, 1.165) is 19.8 Å². The second-order valence-electron chi connectivity index (χ2n) is 1.38. The summed E-state index contributed by atoms with van der Waals surface area (Å²) in [6, 6.07) is 0. The Morgan fingerprint density at radius 1 is 1.71 bits per heavy atom. The molecule has 1 rings (SSSR count). The minimum Gasteiger partial charge on any atom is -0.378 e. The van der Waals surface area contributed by atoms with Crippen LogP contribution in [0.15, 0.2) is 0 Å². The van der Waals surface area contributed by atoms with Crippen LogP contribution in [-0.2, 0) is 4.74 Å². The summed E-state index contributed by atoms with van der Waals surface area (Å²) < 4.78 is 6.97. The highest BCUT2D eigenvalue weighted by atomic mass is 79.9. The zero-order chi connectivity index (χ0) is 5.11. The molecule has 0 atom stereocenters. The van der Waals surface area contributed by atoms with Gasteiger partial charge in [0.25, 0.3) is 0 Å². The standard InChI is InChI=1S/C4H7BrNO/c5-6-1-3-7-4-2-6/h1H,2-4H2. The lowest BCUT2D eigenvalue weighted by molar-refractivity contribution is 0.105. The fourth-order valence-corrected chi connectivity index (χ4v) is 0.723. The van der Waals surface area contributed by atoms with Gasteiger partial charge in [-0.15, -0.1) is 0 Å². The summed E-state index contributed by atoms with van der Waals surface area (Å²) in [6.45, 7) is 4.50. The van der Waals surface area contributed by atoms with E-state index >= 15 is 0 Å². The summed E-state index contributed by atoms with van der Waals surface area (Å²) >= 11 is 3.29. The lowest BCUT2D eigenvalue weighted by Crippen LogP contribution is -2.23. The van der Waals surface area contributed by atoms with Crippen molar-refractivity contribution in [3.8, 4) is 0 Å². The predicted molar refractivity (Wildman–Crippen MR) is 30.8 cm³/mol. The SMILES string of the molecule is BrN1[CH]COCC1. The van der Waals surface area contributed by atoms with E-state index in [1.54, 1.807) is 0 Å². The maximum absolute atomic E-state index is 5.01. The number of halogens is 1. The van der Waals surface area contributed by atoms with Crippen LogP contribution < -0.4 is 0 Å². The third-order valence-corrected chi connectivity index (χ3v) is 1.48. The van der Waals surface area contributed by atoms with Crippen LogP contribution in [0.25, 0.3) is 0 Å². The number of rotatable bonds is 0. The Morgan fingerprint density at radius 3 is 2.86 bits per heavy atom. The largest absolute Gasteiger partial charge is 0.378 e. The minimum atomic E-state index is 0.741. The molecule has 1 radical (unpaired) electrons. The number of ether oxygens (including phenoxy) is 1.